The Balaban J connectivity index is 1.76. The average Bonchev–Trinajstić information content (AvgIpc) is 2.14. The van der Waals surface area contributed by atoms with Crippen LogP contribution in [0.2, 0.25) is 0 Å². The highest BCUT2D eigenvalue weighted by atomic mass is 16.3. The summed E-state index contributed by atoms with van der Waals surface area (Å²) in [6.45, 7) is 0.648. The van der Waals surface area contributed by atoms with Crippen molar-refractivity contribution in [3.63, 3.8) is 0 Å². The molecule has 0 aromatic carbocycles. The standard InChI is InChI=1S/C11H16N2O/c14-11(9-2-1-3-9)8-13-10-4-6-12-7-5-10/h4-7,9,11,14H,1-3,8H2,(H,12,13). The van der Waals surface area contributed by atoms with Crippen LogP contribution in [-0.4, -0.2) is 22.7 Å². The predicted molar refractivity (Wildman–Crippen MR) is 56.1 cm³/mol. The van der Waals surface area contributed by atoms with E-state index in [4.69, 9.17) is 0 Å². The van der Waals surface area contributed by atoms with Gasteiger partial charge in [-0.2, -0.15) is 0 Å². The van der Waals surface area contributed by atoms with Gasteiger partial charge in [0.15, 0.2) is 0 Å². The van der Waals surface area contributed by atoms with Crippen LogP contribution < -0.4 is 5.32 Å². The number of aliphatic hydroxyl groups excluding tert-OH is 1. The fourth-order valence-corrected chi connectivity index (χ4v) is 1.68. The minimum absolute atomic E-state index is 0.197. The molecule has 1 saturated carbocycles. The van der Waals surface area contributed by atoms with Gasteiger partial charge in [0.1, 0.15) is 0 Å². The van der Waals surface area contributed by atoms with Crippen LogP contribution in [-0.2, 0) is 0 Å². The molecule has 14 heavy (non-hydrogen) atoms. The van der Waals surface area contributed by atoms with Gasteiger partial charge in [0.25, 0.3) is 0 Å². The number of hydrogen-bond donors (Lipinski definition) is 2. The van der Waals surface area contributed by atoms with E-state index in [9.17, 15) is 5.11 Å². The summed E-state index contributed by atoms with van der Waals surface area (Å²) < 4.78 is 0. The van der Waals surface area contributed by atoms with Gasteiger partial charge in [-0.1, -0.05) is 6.42 Å². The van der Waals surface area contributed by atoms with Gasteiger partial charge in [0.2, 0.25) is 0 Å². The third kappa shape index (κ3) is 2.23. The van der Waals surface area contributed by atoms with E-state index in [1.807, 2.05) is 12.1 Å². The maximum Gasteiger partial charge on any atom is 0.0740 e. The number of anilines is 1. The van der Waals surface area contributed by atoms with Crippen molar-refractivity contribution in [3.05, 3.63) is 24.5 Å². The van der Waals surface area contributed by atoms with Crippen molar-refractivity contribution >= 4 is 5.69 Å². The second-order valence-corrected chi connectivity index (χ2v) is 3.88. The van der Waals surface area contributed by atoms with Crippen LogP contribution in [0.5, 0.6) is 0 Å². The monoisotopic (exact) mass is 192 g/mol. The molecule has 0 spiro atoms. The van der Waals surface area contributed by atoms with Gasteiger partial charge in [-0.3, -0.25) is 4.98 Å². The van der Waals surface area contributed by atoms with Crippen LogP contribution in [0.1, 0.15) is 19.3 Å². The Morgan fingerprint density at radius 2 is 2.14 bits per heavy atom. The Labute approximate surface area is 84.2 Å². The molecule has 0 amide bonds. The highest BCUT2D eigenvalue weighted by molar-refractivity contribution is 5.40. The van der Waals surface area contributed by atoms with Gasteiger partial charge >= 0.3 is 0 Å². The summed E-state index contributed by atoms with van der Waals surface area (Å²) in [6, 6.07) is 3.82. The lowest BCUT2D eigenvalue weighted by Crippen LogP contribution is -2.32. The maximum atomic E-state index is 9.75. The number of aromatic nitrogens is 1. The molecule has 1 atom stereocenters. The molecule has 3 nitrogen and oxygen atoms in total. The number of nitrogens with zero attached hydrogens (tertiary/aromatic N) is 1. The van der Waals surface area contributed by atoms with Gasteiger partial charge < -0.3 is 10.4 Å². The molecular formula is C11H16N2O. The maximum absolute atomic E-state index is 9.75. The third-order valence-corrected chi connectivity index (χ3v) is 2.89. The second kappa shape index (κ2) is 4.42. The highest BCUT2D eigenvalue weighted by Crippen LogP contribution is 2.29. The molecule has 0 aliphatic heterocycles. The lowest BCUT2D eigenvalue weighted by Gasteiger charge is -2.30. The van der Waals surface area contributed by atoms with Crippen LogP contribution in [0.25, 0.3) is 0 Å². The average molecular weight is 192 g/mol. The van der Waals surface area contributed by atoms with E-state index in [2.05, 4.69) is 10.3 Å². The Bertz CT molecular complexity index is 272. The summed E-state index contributed by atoms with van der Waals surface area (Å²) in [5.41, 5.74) is 1.03. The van der Waals surface area contributed by atoms with Crippen molar-refractivity contribution in [1.82, 2.24) is 4.98 Å². The zero-order chi connectivity index (χ0) is 9.80. The second-order valence-electron chi connectivity index (χ2n) is 3.88. The van der Waals surface area contributed by atoms with E-state index in [0.29, 0.717) is 12.5 Å². The molecule has 1 aliphatic rings. The van der Waals surface area contributed by atoms with Crippen molar-refractivity contribution < 1.29 is 5.11 Å². The molecule has 1 unspecified atom stereocenters. The molecule has 2 rings (SSSR count). The zero-order valence-corrected chi connectivity index (χ0v) is 8.19. The van der Waals surface area contributed by atoms with Crippen LogP contribution in [0.4, 0.5) is 5.69 Å². The summed E-state index contributed by atoms with van der Waals surface area (Å²) in [6.07, 6.45) is 6.93. The summed E-state index contributed by atoms with van der Waals surface area (Å²) in [5, 5.41) is 13.0. The molecule has 3 heteroatoms. The summed E-state index contributed by atoms with van der Waals surface area (Å²) in [5.74, 6) is 0.518. The first kappa shape index (κ1) is 9.46. The Morgan fingerprint density at radius 3 is 2.71 bits per heavy atom. The molecule has 0 saturated heterocycles. The first-order chi connectivity index (χ1) is 6.86. The quantitative estimate of drug-likeness (QED) is 0.762. The minimum Gasteiger partial charge on any atom is -0.391 e. The van der Waals surface area contributed by atoms with Crippen molar-refractivity contribution in [1.29, 1.82) is 0 Å². The van der Waals surface area contributed by atoms with Gasteiger partial charge in [-0.25, -0.2) is 0 Å². The number of nitrogens with one attached hydrogen (secondary N) is 1. The first-order valence-corrected chi connectivity index (χ1v) is 5.18. The molecule has 76 valence electrons. The molecule has 1 heterocycles. The molecule has 1 aromatic rings. The summed E-state index contributed by atoms with van der Waals surface area (Å²) >= 11 is 0. The van der Waals surface area contributed by atoms with Crippen LogP contribution >= 0.6 is 0 Å². The summed E-state index contributed by atoms with van der Waals surface area (Å²) in [7, 11) is 0. The normalized spacial score (nSPS) is 18.6. The van der Waals surface area contributed by atoms with Crippen molar-refractivity contribution in [2.24, 2.45) is 5.92 Å². The van der Waals surface area contributed by atoms with E-state index in [-0.39, 0.29) is 6.10 Å². The lowest BCUT2D eigenvalue weighted by atomic mass is 9.81. The number of aliphatic hydroxyl groups is 1. The van der Waals surface area contributed by atoms with E-state index < -0.39 is 0 Å². The molecule has 1 aromatic heterocycles. The Hall–Kier alpha value is -1.09. The molecule has 1 aliphatic carbocycles. The Kier molecular flexibility index (Phi) is 2.99. The predicted octanol–water partition coefficient (Wildman–Crippen LogP) is 1.65. The molecule has 0 radical (unpaired) electrons. The first-order valence-electron chi connectivity index (χ1n) is 5.18. The number of pyridine rings is 1. The molecule has 1 fully saturated rings. The number of rotatable bonds is 4. The summed E-state index contributed by atoms with van der Waals surface area (Å²) in [4.78, 5) is 3.93. The van der Waals surface area contributed by atoms with Gasteiger partial charge in [0, 0.05) is 24.6 Å². The van der Waals surface area contributed by atoms with Crippen molar-refractivity contribution in [3.8, 4) is 0 Å². The van der Waals surface area contributed by atoms with Crippen molar-refractivity contribution in [2.75, 3.05) is 11.9 Å². The SMILES string of the molecule is OC(CNc1ccncc1)C1CCC1. The lowest BCUT2D eigenvalue weighted by molar-refractivity contribution is 0.0730. The Morgan fingerprint density at radius 1 is 1.43 bits per heavy atom. The topological polar surface area (TPSA) is 45.1 Å². The van der Waals surface area contributed by atoms with E-state index >= 15 is 0 Å². The minimum atomic E-state index is -0.197. The van der Waals surface area contributed by atoms with E-state index in [0.717, 1.165) is 5.69 Å². The van der Waals surface area contributed by atoms with Gasteiger partial charge in [-0.05, 0) is 30.9 Å². The smallest absolute Gasteiger partial charge is 0.0740 e. The molecular weight excluding hydrogens is 176 g/mol. The third-order valence-electron chi connectivity index (χ3n) is 2.89. The van der Waals surface area contributed by atoms with Crippen LogP contribution in [0.3, 0.4) is 0 Å². The zero-order valence-electron chi connectivity index (χ0n) is 8.19. The molecule has 2 N–H and O–H groups in total. The van der Waals surface area contributed by atoms with Crippen LogP contribution in [0, 0.1) is 5.92 Å². The fourth-order valence-electron chi connectivity index (χ4n) is 1.68. The van der Waals surface area contributed by atoms with E-state index in [1.165, 1.54) is 19.3 Å². The van der Waals surface area contributed by atoms with Crippen LogP contribution in [0.15, 0.2) is 24.5 Å². The number of hydrogen-bond acceptors (Lipinski definition) is 3. The largest absolute Gasteiger partial charge is 0.391 e. The molecule has 0 bridgehead atoms. The highest BCUT2D eigenvalue weighted by Gasteiger charge is 2.24. The fraction of sp³-hybridized carbons (Fsp3) is 0.545. The van der Waals surface area contributed by atoms with E-state index in [1.54, 1.807) is 12.4 Å². The van der Waals surface area contributed by atoms with Gasteiger partial charge in [0.05, 0.1) is 6.10 Å². The van der Waals surface area contributed by atoms with Gasteiger partial charge in [-0.15, -0.1) is 0 Å². The van der Waals surface area contributed by atoms with Crippen molar-refractivity contribution in [2.45, 2.75) is 25.4 Å².